The molecule has 1 aliphatic rings. The van der Waals surface area contributed by atoms with Gasteiger partial charge in [0, 0.05) is 13.1 Å². The molecule has 0 bridgehead atoms. The van der Waals surface area contributed by atoms with Gasteiger partial charge in [0.15, 0.2) is 0 Å². The molecule has 0 saturated carbocycles. The zero-order chi connectivity index (χ0) is 14.4. The minimum absolute atomic E-state index is 0.126. The summed E-state index contributed by atoms with van der Waals surface area (Å²) in [6.07, 6.45) is 6.44. The Morgan fingerprint density at radius 3 is 2.90 bits per heavy atom. The molecule has 1 N–H and O–H groups in total. The highest BCUT2D eigenvalue weighted by Crippen LogP contribution is 2.25. The molecule has 0 aliphatic carbocycles. The highest BCUT2D eigenvalue weighted by Gasteiger charge is 2.21. The molecule has 0 spiro atoms. The van der Waals surface area contributed by atoms with Crippen molar-refractivity contribution in [1.29, 1.82) is 0 Å². The van der Waals surface area contributed by atoms with Gasteiger partial charge in [-0.1, -0.05) is 31.8 Å². The van der Waals surface area contributed by atoms with E-state index in [0.717, 1.165) is 25.6 Å². The van der Waals surface area contributed by atoms with Gasteiger partial charge in [-0.3, -0.25) is 0 Å². The Morgan fingerprint density at radius 1 is 1.30 bits per heavy atom. The lowest BCUT2D eigenvalue weighted by molar-refractivity contribution is 0.416. The van der Waals surface area contributed by atoms with Crippen molar-refractivity contribution in [3.63, 3.8) is 0 Å². The van der Waals surface area contributed by atoms with Crippen molar-refractivity contribution in [2.45, 2.75) is 58.9 Å². The summed E-state index contributed by atoms with van der Waals surface area (Å²) in [6.45, 7) is 9.40. The molecular formula is C15H28N4O. The van der Waals surface area contributed by atoms with Crippen LogP contribution in [0.2, 0.25) is 0 Å². The van der Waals surface area contributed by atoms with Crippen molar-refractivity contribution in [2.75, 3.05) is 24.5 Å². The van der Waals surface area contributed by atoms with E-state index in [4.69, 9.17) is 4.42 Å². The number of rotatable bonds is 6. The molecule has 5 heteroatoms. The molecule has 2 rings (SSSR count). The second-order valence-corrected chi connectivity index (χ2v) is 5.77. The minimum atomic E-state index is 0.126. The number of anilines is 1. The molecule has 20 heavy (non-hydrogen) atoms. The summed E-state index contributed by atoms with van der Waals surface area (Å²) >= 11 is 0. The van der Waals surface area contributed by atoms with Gasteiger partial charge < -0.3 is 14.6 Å². The fraction of sp³-hybridized carbons (Fsp3) is 0.867. The molecule has 2 atom stereocenters. The molecule has 1 aromatic heterocycles. The van der Waals surface area contributed by atoms with Crippen LogP contribution in [-0.4, -0.2) is 29.8 Å². The summed E-state index contributed by atoms with van der Waals surface area (Å²) in [7, 11) is 0. The SMILES string of the molecule is CCCC1CCCN(c2nnc(C(C)NCC)o2)CC1. The van der Waals surface area contributed by atoms with Crippen LogP contribution in [0.15, 0.2) is 4.42 Å². The standard InChI is InChI=1S/C15H28N4O/c1-4-7-13-8-6-10-19(11-9-13)15-18-17-14(20-15)12(3)16-5-2/h12-13,16H,4-11H2,1-3H3. The van der Waals surface area contributed by atoms with Crippen LogP contribution in [0, 0.1) is 5.92 Å². The Kier molecular flexibility index (Phi) is 5.83. The quantitative estimate of drug-likeness (QED) is 0.867. The maximum atomic E-state index is 5.83. The highest BCUT2D eigenvalue weighted by atomic mass is 16.4. The van der Waals surface area contributed by atoms with Crippen LogP contribution in [0.4, 0.5) is 6.01 Å². The average Bonchev–Trinajstić information content (AvgIpc) is 2.81. The first-order valence-corrected chi connectivity index (χ1v) is 8.06. The molecular weight excluding hydrogens is 252 g/mol. The van der Waals surface area contributed by atoms with E-state index in [1.807, 2.05) is 0 Å². The minimum Gasteiger partial charge on any atom is -0.406 e. The smallest absolute Gasteiger partial charge is 0.318 e. The normalized spacial score (nSPS) is 21.8. The second kappa shape index (κ2) is 7.62. The monoisotopic (exact) mass is 280 g/mol. The Morgan fingerprint density at radius 2 is 2.15 bits per heavy atom. The third-order valence-corrected chi connectivity index (χ3v) is 4.13. The first-order valence-electron chi connectivity index (χ1n) is 8.06. The topological polar surface area (TPSA) is 54.2 Å². The predicted molar refractivity (Wildman–Crippen MR) is 80.9 cm³/mol. The van der Waals surface area contributed by atoms with Crippen molar-refractivity contribution in [1.82, 2.24) is 15.5 Å². The molecule has 1 aliphatic heterocycles. The van der Waals surface area contributed by atoms with Crippen molar-refractivity contribution in [2.24, 2.45) is 5.92 Å². The van der Waals surface area contributed by atoms with E-state index in [1.54, 1.807) is 0 Å². The van der Waals surface area contributed by atoms with Crippen molar-refractivity contribution >= 4 is 6.01 Å². The van der Waals surface area contributed by atoms with E-state index in [1.165, 1.54) is 32.1 Å². The highest BCUT2D eigenvalue weighted by molar-refractivity contribution is 5.24. The third kappa shape index (κ3) is 3.95. The number of hydrogen-bond acceptors (Lipinski definition) is 5. The first-order chi connectivity index (χ1) is 9.74. The summed E-state index contributed by atoms with van der Waals surface area (Å²) in [5, 5.41) is 11.7. The maximum Gasteiger partial charge on any atom is 0.318 e. The largest absolute Gasteiger partial charge is 0.406 e. The van der Waals surface area contributed by atoms with E-state index < -0.39 is 0 Å². The molecule has 5 nitrogen and oxygen atoms in total. The van der Waals surface area contributed by atoms with Crippen LogP contribution >= 0.6 is 0 Å². The summed E-state index contributed by atoms with van der Waals surface area (Å²) in [6, 6.07) is 0.822. The molecule has 0 radical (unpaired) electrons. The lowest BCUT2D eigenvalue weighted by Gasteiger charge is -2.17. The molecule has 2 heterocycles. The van der Waals surface area contributed by atoms with Crippen LogP contribution in [0.25, 0.3) is 0 Å². The van der Waals surface area contributed by atoms with Crippen molar-refractivity contribution in [3.8, 4) is 0 Å². The fourth-order valence-electron chi connectivity index (χ4n) is 2.98. The van der Waals surface area contributed by atoms with Crippen LogP contribution < -0.4 is 10.2 Å². The van der Waals surface area contributed by atoms with Gasteiger partial charge in [-0.25, -0.2) is 0 Å². The zero-order valence-corrected chi connectivity index (χ0v) is 13.1. The van der Waals surface area contributed by atoms with Gasteiger partial charge in [-0.15, -0.1) is 5.10 Å². The van der Waals surface area contributed by atoms with Crippen LogP contribution in [-0.2, 0) is 0 Å². The third-order valence-electron chi connectivity index (χ3n) is 4.13. The molecule has 2 unspecified atom stereocenters. The Balaban J connectivity index is 1.94. The van der Waals surface area contributed by atoms with Gasteiger partial charge in [-0.05, 0) is 38.6 Å². The van der Waals surface area contributed by atoms with Crippen molar-refractivity contribution < 1.29 is 4.42 Å². The molecule has 1 aromatic rings. The van der Waals surface area contributed by atoms with Crippen LogP contribution in [0.3, 0.4) is 0 Å². The summed E-state index contributed by atoms with van der Waals surface area (Å²) in [5.41, 5.74) is 0. The maximum absolute atomic E-state index is 5.83. The summed E-state index contributed by atoms with van der Waals surface area (Å²) < 4.78 is 5.83. The number of aromatic nitrogens is 2. The molecule has 0 aromatic carbocycles. The number of hydrogen-bond donors (Lipinski definition) is 1. The zero-order valence-electron chi connectivity index (χ0n) is 13.1. The Labute approximate surface area is 122 Å². The summed E-state index contributed by atoms with van der Waals surface area (Å²) in [4.78, 5) is 2.25. The van der Waals surface area contributed by atoms with Crippen LogP contribution in [0.5, 0.6) is 0 Å². The van der Waals surface area contributed by atoms with Gasteiger partial charge in [-0.2, -0.15) is 0 Å². The number of nitrogens with one attached hydrogen (secondary N) is 1. The lowest BCUT2D eigenvalue weighted by atomic mass is 9.96. The average molecular weight is 280 g/mol. The van der Waals surface area contributed by atoms with Gasteiger partial charge in [0.1, 0.15) is 0 Å². The van der Waals surface area contributed by atoms with E-state index in [9.17, 15) is 0 Å². The van der Waals surface area contributed by atoms with E-state index in [2.05, 4.69) is 41.2 Å². The van der Waals surface area contributed by atoms with E-state index in [0.29, 0.717) is 11.9 Å². The fourth-order valence-corrected chi connectivity index (χ4v) is 2.98. The molecule has 1 saturated heterocycles. The van der Waals surface area contributed by atoms with Gasteiger partial charge in [0.05, 0.1) is 6.04 Å². The van der Waals surface area contributed by atoms with E-state index in [-0.39, 0.29) is 6.04 Å². The molecule has 0 amide bonds. The molecule has 114 valence electrons. The van der Waals surface area contributed by atoms with Gasteiger partial charge in [0.2, 0.25) is 5.89 Å². The van der Waals surface area contributed by atoms with Crippen LogP contribution in [0.1, 0.15) is 64.8 Å². The van der Waals surface area contributed by atoms with Crippen molar-refractivity contribution in [3.05, 3.63) is 5.89 Å². The second-order valence-electron chi connectivity index (χ2n) is 5.77. The molecule has 1 fully saturated rings. The summed E-state index contributed by atoms with van der Waals surface area (Å²) in [5.74, 6) is 1.56. The Hall–Kier alpha value is -1.10. The lowest BCUT2D eigenvalue weighted by Crippen LogP contribution is -2.24. The number of nitrogens with zero attached hydrogens (tertiary/aromatic N) is 3. The Bertz CT molecular complexity index is 393. The van der Waals surface area contributed by atoms with E-state index >= 15 is 0 Å². The predicted octanol–water partition coefficient (Wildman–Crippen LogP) is 3.15. The van der Waals surface area contributed by atoms with Gasteiger partial charge in [0.25, 0.3) is 0 Å². The van der Waals surface area contributed by atoms with Gasteiger partial charge >= 0.3 is 6.01 Å². The first kappa shape index (κ1) is 15.3.